The Morgan fingerprint density at radius 3 is 2.68 bits per heavy atom. The topological polar surface area (TPSA) is 64.0 Å². The third-order valence-electron chi connectivity index (χ3n) is 4.10. The van der Waals surface area contributed by atoms with E-state index in [0.717, 1.165) is 12.1 Å². The number of fused-ring (bicyclic) bond motifs is 1. The van der Waals surface area contributed by atoms with Gasteiger partial charge in [0.2, 0.25) is 0 Å². The number of carbonyl (C=O) groups excluding carboxylic acids is 1. The highest BCUT2D eigenvalue weighted by Crippen LogP contribution is 2.27. The van der Waals surface area contributed by atoms with Crippen LogP contribution in [0.3, 0.4) is 0 Å². The Morgan fingerprint density at radius 2 is 2.00 bits per heavy atom. The van der Waals surface area contributed by atoms with Crippen LogP contribution >= 0.6 is 11.3 Å². The number of rotatable bonds is 5. The summed E-state index contributed by atoms with van der Waals surface area (Å²) in [6, 6.07) is 9.28. The first kappa shape index (κ1) is 17.4. The van der Waals surface area contributed by atoms with Crippen LogP contribution in [0.1, 0.15) is 35.5 Å². The molecule has 1 N–H and O–H groups in total. The average molecular weight is 355 g/mol. The monoisotopic (exact) mass is 355 g/mol. The molecule has 130 valence electrons. The number of nitrogens with one attached hydrogen (secondary N) is 1. The normalized spacial score (nSPS) is 11.2. The van der Waals surface area contributed by atoms with E-state index in [2.05, 4.69) is 24.1 Å². The zero-order valence-electron chi connectivity index (χ0n) is 14.6. The van der Waals surface area contributed by atoms with Crippen LogP contribution in [0.5, 0.6) is 0 Å². The van der Waals surface area contributed by atoms with E-state index in [9.17, 15) is 9.59 Å². The molecule has 3 aromatic rings. The molecule has 0 aliphatic rings. The van der Waals surface area contributed by atoms with Crippen molar-refractivity contribution in [2.75, 3.05) is 5.32 Å². The molecule has 0 aliphatic heterocycles. The van der Waals surface area contributed by atoms with Crippen molar-refractivity contribution in [3.05, 3.63) is 57.5 Å². The van der Waals surface area contributed by atoms with Crippen molar-refractivity contribution < 1.29 is 4.79 Å². The molecular weight excluding hydrogens is 334 g/mol. The molecule has 0 saturated carbocycles. The molecule has 2 heterocycles. The maximum Gasteiger partial charge on any atom is 0.266 e. The number of hydrogen-bond acceptors (Lipinski definition) is 4. The van der Waals surface area contributed by atoms with Crippen molar-refractivity contribution in [2.24, 2.45) is 5.92 Å². The second-order valence-corrected chi connectivity index (χ2v) is 7.48. The number of aryl methyl sites for hydroxylation is 2. The zero-order valence-corrected chi connectivity index (χ0v) is 15.4. The SMILES string of the molecule is Cc1c(C(=O)Nc2ccccc2)sc2ncn(CCC(C)C)c(=O)c12. The molecule has 0 bridgehead atoms. The van der Waals surface area contributed by atoms with Crippen LogP contribution < -0.4 is 10.9 Å². The minimum Gasteiger partial charge on any atom is -0.321 e. The Balaban J connectivity index is 1.95. The van der Waals surface area contributed by atoms with Crippen molar-refractivity contribution in [3.8, 4) is 0 Å². The van der Waals surface area contributed by atoms with Crippen LogP contribution in [0, 0.1) is 12.8 Å². The standard InChI is InChI=1S/C19H21N3O2S/c1-12(2)9-10-22-11-20-18-15(19(22)24)13(3)16(25-18)17(23)21-14-7-5-4-6-8-14/h4-8,11-12H,9-10H2,1-3H3,(H,21,23). The molecule has 0 spiro atoms. The molecule has 0 fully saturated rings. The Hall–Kier alpha value is -2.47. The number of aromatic nitrogens is 2. The van der Waals surface area contributed by atoms with Crippen LogP contribution in [0.15, 0.2) is 41.5 Å². The van der Waals surface area contributed by atoms with Crippen LogP contribution in [0.4, 0.5) is 5.69 Å². The number of amides is 1. The van der Waals surface area contributed by atoms with Gasteiger partial charge in [-0.15, -0.1) is 11.3 Å². The van der Waals surface area contributed by atoms with Gasteiger partial charge in [0.05, 0.1) is 16.6 Å². The fourth-order valence-electron chi connectivity index (χ4n) is 2.64. The summed E-state index contributed by atoms with van der Waals surface area (Å²) in [6.45, 7) is 6.70. The lowest BCUT2D eigenvalue weighted by molar-refractivity contribution is 0.103. The smallest absolute Gasteiger partial charge is 0.266 e. The molecule has 0 atom stereocenters. The number of thiophene rings is 1. The summed E-state index contributed by atoms with van der Waals surface area (Å²) in [4.78, 5) is 30.9. The highest BCUT2D eigenvalue weighted by Gasteiger charge is 2.19. The zero-order chi connectivity index (χ0) is 18.0. The van der Waals surface area contributed by atoms with E-state index in [4.69, 9.17) is 0 Å². The van der Waals surface area contributed by atoms with Crippen molar-refractivity contribution in [1.29, 1.82) is 0 Å². The summed E-state index contributed by atoms with van der Waals surface area (Å²) in [7, 11) is 0. The summed E-state index contributed by atoms with van der Waals surface area (Å²) in [5, 5.41) is 3.42. The lowest BCUT2D eigenvalue weighted by Crippen LogP contribution is -2.21. The number of benzene rings is 1. The highest BCUT2D eigenvalue weighted by molar-refractivity contribution is 7.20. The summed E-state index contributed by atoms with van der Waals surface area (Å²) < 4.78 is 1.64. The van der Waals surface area contributed by atoms with E-state index in [1.54, 1.807) is 10.9 Å². The first-order valence-electron chi connectivity index (χ1n) is 8.32. The maximum absolute atomic E-state index is 12.8. The third kappa shape index (κ3) is 3.64. The van der Waals surface area contributed by atoms with Crippen LogP contribution in [0.2, 0.25) is 0 Å². The fourth-order valence-corrected chi connectivity index (χ4v) is 3.68. The van der Waals surface area contributed by atoms with Gasteiger partial charge < -0.3 is 5.32 Å². The van der Waals surface area contributed by atoms with Crippen molar-refractivity contribution in [2.45, 2.75) is 33.7 Å². The van der Waals surface area contributed by atoms with Gasteiger partial charge in [-0.3, -0.25) is 14.2 Å². The molecular formula is C19H21N3O2S. The van der Waals surface area contributed by atoms with Gasteiger partial charge in [0.15, 0.2) is 0 Å². The minimum absolute atomic E-state index is 0.0711. The molecule has 6 heteroatoms. The first-order chi connectivity index (χ1) is 12.0. The van der Waals surface area contributed by atoms with Gasteiger partial charge in [-0.25, -0.2) is 4.98 Å². The van der Waals surface area contributed by atoms with Gasteiger partial charge in [-0.2, -0.15) is 0 Å². The highest BCUT2D eigenvalue weighted by atomic mass is 32.1. The molecule has 0 unspecified atom stereocenters. The van der Waals surface area contributed by atoms with Gasteiger partial charge in [-0.1, -0.05) is 32.0 Å². The lowest BCUT2D eigenvalue weighted by Gasteiger charge is -2.07. The molecule has 3 rings (SSSR count). The summed E-state index contributed by atoms with van der Waals surface area (Å²) >= 11 is 1.26. The van der Waals surface area contributed by atoms with E-state index in [1.807, 2.05) is 37.3 Å². The Morgan fingerprint density at radius 1 is 1.28 bits per heavy atom. The Kier molecular flexibility index (Phi) is 4.99. The van der Waals surface area contributed by atoms with Crippen molar-refractivity contribution >= 4 is 33.1 Å². The van der Waals surface area contributed by atoms with E-state index >= 15 is 0 Å². The average Bonchev–Trinajstić information content (AvgIpc) is 2.93. The molecule has 0 saturated heterocycles. The predicted octanol–water partition coefficient (Wildman–Crippen LogP) is 4.06. The quantitative estimate of drug-likeness (QED) is 0.750. The fraction of sp³-hybridized carbons (Fsp3) is 0.316. The molecule has 25 heavy (non-hydrogen) atoms. The van der Waals surface area contributed by atoms with E-state index in [-0.39, 0.29) is 11.5 Å². The predicted molar refractivity (Wildman–Crippen MR) is 102 cm³/mol. The van der Waals surface area contributed by atoms with Crippen LogP contribution in [0.25, 0.3) is 10.2 Å². The second-order valence-electron chi connectivity index (χ2n) is 6.48. The number of nitrogens with zero attached hydrogens (tertiary/aromatic N) is 2. The number of hydrogen-bond donors (Lipinski definition) is 1. The Labute approximate surface area is 150 Å². The van der Waals surface area contributed by atoms with Gasteiger partial charge in [0.1, 0.15) is 4.83 Å². The Bertz CT molecular complexity index is 958. The van der Waals surface area contributed by atoms with Crippen LogP contribution in [-0.4, -0.2) is 15.5 Å². The molecule has 0 radical (unpaired) electrons. The molecule has 1 aromatic carbocycles. The van der Waals surface area contributed by atoms with Crippen molar-refractivity contribution in [3.63, 3.8) is 0 Å². The van der Waals surface area contributed by atoms with E-state index in [1.165, 1.54) is 11.3 Å². The third-order valence-corrected chi connectivity index (χ3v) is 5.30. The summed E-state index contributed by atoms with van der Waals surface area (Å²) in [5.74, 6) is 0.304. The molecule has 0 aliphatic carbocycles. The number of anilines is 1. The van der Waals surface area contributed by atoms with Crippen molar-refractivity contribution in [1.82, 2.24) is 9.55 Å². The summed E-state index contributed by atoms with van der Waals surface area (Å²) in [5.41, 5.74) is 1.36. The minimum atomic E-state index is -0.208. The molecule has 5 nitrogen and oxygen atoms in total. The second kappa shape index (κ2) is 7.19. The van der Waals surface area contributed by atoms with E-state index < -0.39 is 0 Å². The largest absolute Gasteiger partial charge is 0.321 e. The van der Waals surface area contributed by atoms with Gasteiger partial charge >= 0.3 is 0 Å². The molecule has 1 amide bonds. The first-order valence-corrected chi connectivity index (χ1v) is 9.14. The van der Waals surface area contributed by atoms with Gasteiger partial charge in [0, 0.05) is 12.2 Å². The van der Waals surface area contributed by atoms with Crippen LogP contribution in [-0.2, 0) is 6.54 Å². The number of carbonyl (C=O) groups is 1. The molecule has 2 aromatic heterocycles. The van der Waals surface area contributed by atoms with E-state index in [0.29, 0.717) is 33.1 Å². The summed E-state index contributed by atoms with van der Waals surface area (Å²) in [6.07, 6.45) is 2.50. The number of para-hydroxylation sites is 1. The van der Waals surface area contributed by atoms with Gasteiger partial charge in [0.25, 0.3) is 11.5 Å². The lowest BCUT2D eigenvalue weighted by atomic mass is 10.1. The van der Waals surface area contributed by atoms with Gasteiger partial charge in [-0.05, 0) is 37.0 Å². The maximum atomic E-state index is 12.8.